The fraction of sp³-hybridized carbons (Fsp3) is 0.312. The second-order valence-electron chi connectivity index (χ2n) is 4.76. The van der Waals surface area contributed by atoms with Crippen LogP contribution in [0, 0.1) is 24.1 Å². The lowest BCUT2D eigenvalue weighted by atomic mass is 10.0. The molecule has 5 heteroatoms. The molecule has 0 saturated carbocycles. The summed E-state index contributed by atoms with van der Waals surface area (Å²) in [6.45, 7) is 5.66. The molecule has 1 heterocycles. The molecule has 0 spiro atoms. The van der Waals surface area contributed by atoms with E-state index in [1.54, 1.807) is 19.1 Å². The first kappa shape index (κ1) is 14.9. The van der Waals surface area contributed by atoms with Gasteiger partial charge in [-0.05, 0) is 43.0 Å². The van der Waals surface area contributed by atoms with Gasteiger partial charge in [-0.25, -0.2) is 4.39 Å². The number of aryl methyl sites for hydroxylation is 2. The SMILES string of the molecule is CCc1nnc(Nc2ccc(C)c(F)c2)c(C#N)c1CC. The Morgan fingerprint density at radius 2 is 2.00 bits per heavy atom. The van der Waals surface area contributed by atoms with Gasteiger partial charge in [0, 0.05) is 5.69 Å². The minimum Gasteiger partial charge on any atom is -0.338 e. The van der Waals surface area contributed by atoms with E-state index in [9.17, 15) is 9.65 Å². The average Bonchev–Trinajstić information content (AvgIpc) is 2.50. The Balaban J connectivity index is 2.44. The Morgan fingerprint density at radius 3 is 2.57 bits per heavy atom. The van der Waals surface area contributed by atoms with E-state index in [0.29, 0.717) is 29.1 Å². The molecule has 4 nitrogen and oxygen atoms in total. The zero-order valence-electron chi connectivity index (χ0n) is 12.4. The van der Waals surface area contributed by atoms with Gasteiger partial charge in [-0.3, -0.25) is 0 Å². The van der Waals surface area contributed by atoms with Crippen molar-refractivity contribution in [1.82, 2.24) is 10.2 Å². The summed E-state index contributed by atoms with van der Waals surface area (Å²) in [6.07, 6.45) is 1.43. The van der Waals surface area contributed by atoms with Crippen LogP contribution in [0.5, 0.6) is 0 Å². The molecule has 0 aliphatic heterocycles. The largest absolute Gasteiger partial charge is 0.338 e. The van der Waals surface area contributed by atoms with Crippen molar-refractivity contribution in [3.63, 3.8) is 0 Å². The number of hydrogen-bond acceptors (Lipinski definition) is 4. The van der Waals surface area contributed by atoms with Crippen molar-refractivity contribution in [2.75, 3.05) is 5.32 Å². The topological polar surface area (TPSA) is 61.6 Å². The summed E-state index contributed by atoms with van der Waals surface area (Å²) in [6, 6.07) is 6.99. The van der Waals surface area contributed by atoms with E-state index in [-0.39, 0.29) is 5.82 Å². The maximum atomic E-state index is 13.6. The van der Waals surface area contributed by atoms with Crippen LogP contribution in [0.2, 0.25) is 0 Å². The molecule has 0 atom stereocenters. The smallest absolute Gasteiger partial charge is 0.171 e. The third-order valence-corrected chi connectivity index (χ3v) is 3.39. The lowest BCUT2D eigenvalue weighted by Gasteiger charge is -2.12. The van der Waals surface area contributed by atoms with Gasteiger partial charge < -0.3 is 5.32 Å². The molecule has 0 fully saturated rings. The van der Waals surface area contributed by atoms with Gasteiger partial charge >= 0.3 is 0 Å². The van der Waals surface area contributed by atoms with Crippen molar-refractivity contribution in [1.29, 1.82) is 5.26 Å². The summed E-state index contributed by atoms with van der Waals surface area (Å²) in [4.78, 5) is 0. The molecule has 2 aromatic rings. The molecule has 0 amide bonds. The highest BCUT2D eigenvalue weighted by Crippen LogP contribution is 2.24. The van der Waals surface area contributed by atoms with Gasteiger partial charge in [-0.15, -0.1) is 5.10 Å². The van der Waals surface area contributed by atoms with Crippen LogP contribution < -0.4 is 5.32 Å². The van der Waals surface area contributed by atoms with E-state index in [4.69, 9.17) is 0 Å². The quantitative estimate of drug-likeness (QED) is 0.930. The van der Waals surface area contributed by atoms with Gasteiger partial charge in [-0.2, -0.15) is 10.4 Å². The molecule has 0 unspecified atom stereocenters. The number of rotatable bonds is 4. The van der Waals surface area contributed by atoms with Gasteiger partial charge in [0.2, 0.25) is 0 Å². The summed E-state index contributed by atoms with van der Waals surface area (Å²) in [5.74, 6) is 0.0714. The normalized spacial score (nSPS) is 10.2. The Morgan fingerprint density at radius 1 is 1.24 bits per heavy atom. The predicted molar refractivity (Wildman–Crippen MR) is 79.9 cm³/mol. The first-order chi connectivity index (χ1) is 10.1. The predicted octanol–water partition coefficient (Wildman–Crippen LogP) is 3.66. The lowest BCUT2D eigenvalue weighted by molar-refractivity contribution is 0.619. The summed E-state index contributed by atoms with van der Waals surface area (Å²) in [5, 5.41) is 20.6. The third-order valence-electron chi connectivity index (χ3n) is 3.39. The zero-order valence-corrected chi connectivity index (χ0v) is 12.4. The van der Waals surface area contributed by atoms with Gasteiger partial charge in [0.1, 0.15) is 17.4 Å². The van der Waals surface area contributed by atoms with Crippen LogP contribution in [-0.4, -0.2) is 10.2 Å². The number of nitrogens with one attached hydrogen (secondary N) is 1. The standard InChI is InChI=1S/C16H17FN4/c1-4-12-13(9-18)16(21-20-15(12)5-2)19-11-7-6-10(3)14(17)8-11/h6-8H,4-5H2,1-3H3,(H,19,21). The minimum absolute atomic E-state index is 0.299. The Bertz CT molecular complexity index is 704. The number of hydrogen-bond donors (Lipinski definition) is 1. The van der Waals surface area contributed by atoms with Crippen molar-refractivity contribution >= 4 is 11.5 Å². The second-order valence-corrected chi connectivity index (χ2v) is 4.76. The molecule has 0 aliphatic rings. The fourth-order valence-corrected chi connectivity index (χ4v) is 2.19. The van der Waals surface area contributed by atoms with Crippen LogP contribution in [0.15, 0.2) is 18.2 Å². The molecule has 2 rings (SSSR count). The highest BCUT2D eigenvalue weighted by atomic mass is 19.1. The first-order valence-electron chi connectivity index (χ1n) is 6.92. The van der Waals surface area contributed by atoms with Crippen LogP contribution in [0.1, 0.15) is 36.2 Å². The van der Waals surface area contributed by atoms with Crippen molar-refractivity contribution < 1.29 is 4.39 Å². The summed E-state index contributed by atoms with van der Waals surface area (Å²) < 4.78 is 13.6. The van der Waals surface area contributed by atoms with Crippen molar-refractivity contribution in [3.05, 3.63) is 46.4 Å². The van der Waals surface area contributed by atoms with Crippen LogP contribution in [0.4, 0.5) is 15.9 Å². The molecule has 108 valence electrons. The molecule has 1 N–H and O–H groups in total. The van der Waals surface area contributed by atoms with Crippen molar-refractivity contribution in [3.8, 4) is 6.07 Å². The monoisotopic (exact) mass is 284 g/mol. The van der Waals surface area contributed by atoms with Crippen molar-refractivity contribution in [2.24, 2.45) is 0 Å². The number of nitriles is 1. The van der Waals surface area contributed by atoms with E-state index in [1.165, 1.54) is 6.07 Å². The maximum absolute atomic E-state index is 13.6. The van der Waals surface area contributed by atoms with E-state index in [0.717, 1.165) is 17.7 Å². The average molecular weight is 284 g/mol. The van der Waals surface area contributed by atoms with E-state index in [1.807, 2.05) is 13.8 Å². The van der Waals surface area contributed by atoms with Crippen LogP contribution >= 0.6 is 0 Å². The first-order valence-corrected chi connectivity index (χ1v) is 6.92. The van der Waals surface area contributed by atoms with Crippen molar-refractivity contribution in [2.45, 2.75) is 33.6 Å². The molecule has 0 saturated heterocycles. The lowest BCUT2D eigenvalue weighted by Crippen LogP contribution is -2.07. The molecular weight excluding hydrogens is 267 g/mol. The molecular formula is C16H17FN4. The van der Waals surface area contributed by atoms with Gasteiger partial charge in [0.25, 0.3) is 0 Å². The number of halogens is 1. The second kappa shape index (κ2) is 6.31. The summed E-state index contributed by atoms with van der Waals surface area (Å²) in [5.41, 5.74) is 3.32. The molecule has 21 heavy (non-hydrogen) atoms. The van der Waals surface area contributed by atoms with Crippen LogP contribution in [-0.2, 0) is 12.8 Å². The van der Waals surface area contributed by atoms with Gasteiger partial charge in [-0.1, -0.05) is 19.9 Å². The maximum Gasteiger partial charge on any atom is 0.171 e. The highest BCUT2D eigenvalue weighted by Gasteiger charge is 2.14. The zero-order chi connectivity index (χ0) is 15.4. The van der Waals surface area contributed by atoms with Crippen LogP contribution in [0.25, 0.3) is 0 Å². The summed E-state index contributed by atoms with van der Waals surface area (Å²) >= 11 is 0. The fourth-order valence-electron chi connectivity index (χ4n) is 2.19. The molecule has 1 aromatic heterocycles. The van der Waals surface area contributed by atoms with Gasteiger partial charge in [0.15, 0.2) is 5.82 Å². The molecule has 0 bridgehead atoms. The number of aromatic nitrogens is 2. The number of anilines is 2. The van der Waals surface area contributed by atoms with Crippen LogP contribution in [0.3, 0.4) is 0 Å². The van der Waals surface area contributed by atoms with Gasteiger partial charge in [0.05, 0.1) is 5.69 Å². The molecule has 1 aromatic carbocycles. The number of nitrogens with zero attached hydrogens (tertiary/aromatic N) is 3. The number of benzene rings is 1. The Labute approximate surface area is 123 Å². The minimum atomic E-state index is -0.299. The molecule has 0 radical (unpaired) electrons. The van der Waals surface area contributed by atoms with E-state index >= 15 is 0 Å². The Hall–Kier alpha value is -2.48. The highest BCUT2D eigenvalue weighted by molar-refractivity contribution is 5.64. The van der Waals surface area contributed by atoms with E-state index < -0.39 is 0 Å². The molecule has 0 aliphatic carbocycles. The summed E-state index contributed by atoms with van der Waals surface area (Å²) in [7, 11) is 0. The van der Waals surface area contributed by atoms with E-state index in [2.05, 4.69) is 21.6 Å². The third kappa shape index (κ3) is 3.00. The Kier molecular flexibility index (Phi) is 4.49.